The van der Waals surface area contributed by atoms with Gasteiger partial charge in [-0.2, -0.15) is 6.32 Å². The Morgan fingerprint density at radius 3 is 1.26 bits per heavy atom. The summed E-state index contributed by atoms with van der Waals surface area (Å²) < 4.78 is 43.2. The first kappa shape index (κ1) is 24.7. The van der Waals surface area contributed by atoms with Crippen LogP contribution in [0.25, 0.3) is 0 Å². The van der Waals surface area contributed by atoms with E-state index in [1.165, 1.54) is 42.7 Å². The number of hydrogen-bond acceptors (Lipinski definition) is 0. The van der Waals surface area contributed by atoms with Gasteiger partial charge in [-0.05, 0) is 67.4 Å². The smallest absolute Gasteiger partial charge is 0.123 e. The molecular formula is C26H33BF3N. The summed E-state index contributed by atoms with van der Waals surface area (Å²) >= 11 is 0. The lowest BCUT2D eigenvalue weighted by Gasteiger charge is -2.36. The largest absolute Gasteiger partial charge is 0.333 e. The Morgan fingerprint density at radius 1 is 0.677 bits per heavy atom. The van der Waals surface area contributed by atoms with Gasteiger partial charge < -0.3 is 4.48 Å². The van der Waals surface area contributed by atoms with Crippen LogP contribution in [0, 0.1) is 17.5 Å². The van der Waals surface area contributed by atoms with Crippen molar-refractivity contribution < 1.29 is 17.7 Å². The van der Waals surface area contributed by atoms with Crippen molar-refractivity contribution >= 4 is 7.85 Å². The number of quaternary nitrogens is 1. The predicted octanol–water partition coefficient (Wildman–Crippen LogP) is 5.32. The van der Waals surface area contributed by atoms with Crippen molar-refractivity contribution in [2.75, 3.05) is 28.2 Å². The third-order valence-electron chi connectivity index (χ3n) is 4.50. The van der Waals surface area contributed by atoms with E-state index in [1.807, 2.05) is 18.2 Å². The van der Waals surface area contributed by atoms with Gasteiger partial charge in [-0.1, -0.05) is 42.8 Å². The van der Waals surface area contributed by atoms with E-state index < -0.39 is 5.41 Å². The molecule has 31 heavy (non-hydrogen) atoms. The van der Waals surface area contributed by atoms with Crippen LogP contribution in [-0.2, 0) is 5.41 Å². The van der Waals surface area contributed by atoms with Crippen molar-refractivity contribution in [3.05, 3.63) is 107 Å². The Morgan fingerprint density at radius 2 is 1.00 bits per heavy atom. The molecule has 3 rings (SSSR count). The highest BCUT2D eigenvalue weighted by Gasteiger charge is 2.36. The first-order valence-electron chi connectivity index (χ1n) is 9.92. The molecule has 3 aromatic carbocycles. The van der Waals surface area contributed by atoms with E-state index in [1.54, 1.807) is 18.2 Å². The van der Waals surface area contributed by atoms with E-state index in [9.17, 15) is 13.2 Å². The molecule has 166 valence electrons. The van der Waals surface area contributed by atoms with Gasteiger partial charge in [0.05, 0.1) is 28.2 Å². The summed E-state index contributed by atoms with van der Waals surface area (Å²) in [7, 11) is 8.73. The SMILES string of the molecule is C[N+](C)(C)C.[BH3-]CCCC(c1cccc(F)c1)(c1cccc(F)c1)c1cccc(F)c1. The zero-order valence-electron chi connectivity index (χ0n) is 18.1. The lowest BCUT2D eigenvalue weighted by Crippen LogP contribution is -2.30. The third kappa shape index (κ3) is 7.00. The molecular weight excluding hydrogens is 394 g/mol. The Balaban J connectivity index is 0.000000614. The monoisotopic (exact) mass is 427 g/mol. The predicted molar refractivity (Wildman–Crippen MR) is 127 cm³/mol. The minimum Gasteiger partial charge on any atom is -0.333 e. The molecule has 0 radical (unpaired) electrons. The third-order valence-corrected chi connectivity index (χ3v) is 4.50. The summed E-state index contributed by atoms with van der Waals surface area (Å²) in [5.74, 6) is -1.05. The fourth-order valence-corrected chi connectivity index (χ4v) is 3.46. The molecule has 0 amide bonds. The van der Waals surface area contributed by atoms with Crippen LogP contribution in [0.5, 0.6) is 0 Å². The molecule has 5 heteroatoms. The molecule has 0 fully saturated rings. The van der Waals surface area contributed by atoms with E-state index in [4.69, 9.17) is 0 Å². The van der Waals surface area contributed by atoms with Gasteiger partial charge in [0.1, 0.15) is 17.5 Å². The molecule has 0 aliphatic carbocycles. The summed E-state index contributed by atoms with van der Waals surface area (Å²) in [5, 5.41) is 0. The van der Waals surface area contributed by atoms with Crippen molar-refractivity contribution in [2.24, 2.45) is 0 Å². The molecule has 0 atom stereocenters. The Labute approximate surface area is 185 Å². The van der Waals surface area contributed by atoms with E-state index in [-0.39, 0.29) is 25.3 Å². The van der Waals surface area contributed by atoms with Gasteiger partial charge in [0.15, 0.2) is 0 Å². The van der Waals surface area contributed by atoms with Gasteiger partial charge in [0, 0.05) is 5.41 Å². The fourth-order valence-electron chi connectivity index (χ4n) is 3.46. The van der Waals surface area contributed by atoms with Crippen molar-refractivity contribution in [3.8, 4) is 0 Å². The molecule has 0 bridgehead atoms. The maximum atomic E-state index is 14.1. The van der Waals surface area contributed by atoms with E-state index in [0.29, 0.717) is 6.42 Å². The van der Waals surface area contributed by atoms with Crippen LogP contribution in [0.3, 0.4) is 0 Å². The second-order valence-electron chi connectivity index (χ2n) is 8.72. The van der Waals surface area contributed by atoms with Crippen LogP contribution in [0.2, 0.25) is 6.32 Å². The van der Waals surface area contributed by atoms with Crippen LogP contribution >= 0.6 is 0 Å². The minimum absolute atomic E-state index is 0.226. The molecule has 0 unspecified atom stereocenters. The molecule has 0 saturated carbocycles. The summed E-state index contributed by atoms with van der Waals surface area (Å²) in [6.07, 6.45) is 2.80. The number of halogens is 3. The highest BCUT2D eigenvalue weighted by atomic mass is 19.1. The minimum atomic E-state index is -0.777. The van der Waals surface area contributed by atoms with Gasteiger partial charge in [0.25, 0.3) is 0 Å². The van der Waals surface area contributed by atoms with Crippen LogP contribution < -0.4 is 0 Å². The summed E-state index contributed by atoms with van der Waals surface area (Å²) in [6, 6.07) is 19.2. The maximum absolute atomic E-state index is 14.1. The lowest BCUT2D eigenvalue weighted by atomic mass is 9.66. The lowest BCUT2D eigenvalue weighted by molar-refractivity contribution is -0.849. The molecule has 0 aliphatic heterocycles. The highest BCUT2D eigenvalue weighted by Crippen LogP contribution is 2.44. The van der Waals surface area contributed by atoms with Crippen molar-refractivity contribution in [1.82, 2.24) is 0 Å². The standard InChI is InChI=1S/C22H21BF3.C4H12N/c23-12-4-11-22(16-5-1-8-19(24)13-16,17-6-2-9-20(25)14-17)18-7-3-10-21(26)15-18;1-5(2,3)4/h1-3,5-10,13-15H,4,11-12H2,23H3;1-4H3/q-1;+1. The van der Waals surface area contributed by atoms with Crippen LogP contribution in [0.15, 0.2) is 72.8 Å². The summed E-state index contributed by atoms with van der Waals surface area (Å²) in [6.45, 7) is 0. The quantitative estimate of drug-likeness (QED) is 0.284. The second-order valence-corrected chi connectivity index (χ2v) is 8.72. The Kier molecular flexibility index (Phi) is 8.52. The zero-order valence-corrected chi connectivity index (χ0v) is 18.1. The van der Waals surface area contributed by atoms with E-state index in [0.717, 1.165) is 27.6 Å². The second kappa shape index (κ2) is 10.7. The maximum Gasteiger partial charge on any atom is 0.123 e. The van der Waals surface area contributed by atoms with E-state index >= 15 is 0 Å². The molecule has 0 aliphatic rings. The summed E-state index contributed by atoms with van der Waals surface area (Å²) in [5.41, 5.74) is 1.40. The first-order valence-corrected chi connectivity index (χ1v) is 9.92. The van der Waals surface area contributed by atoms with Crippen molar-refractivity contribution in [2.45, 2.75) is 24.6 Å². The van der Waals surface area contributed by atoms with Crippen LogP contribution in [-0.4, -0.2) is 40.5 Å². The first-order chi connectivity index (χ1) is 14.6. The van der Waals surface area contributed by atoms with Crippen LogP contribution in [0.1, 0.15) is 29.5 Å². The molecule has 3 aromatic rings. The Hall–Kier alpha value is -2.53. The van der Waals surface area contributed by atoms with Gasteiger partial charge in [0.2, 0.25) is 0 Å². The molecule has 0 heterocycles. The topological polar surface area (TPSA) is 0 Å². The fraction of sp³-hybridized carbons (Fsp3) is 0.308. The van der Waals surface area contributed by atoms with Crippen LogP contribution in [0.4, 0.5) is 13.2 Å². The molecule has 1 nitrogen and oxygen atoms in total. The number of nitrogens with zero attached hydrogens (tertiary/aromatic N) is 1. The van der Waals surface area contributed by atoms with Gasteiger partial charge in [-0.25, -0.2) is 13.2 Å². The highest BCUT2D eigenvalue weighted by molar-refractivity contribution is 6.08. The van der Waals surface area contributed by atoms with E-state index in [2.05, 4.69) is 28.2 Å². The number of rotatable bonds is 6. The zero-order chi connectivity index (χ0) is 23.1. The molecule has 0 spiro atoms. The van der Waals surface area contributed by atoms with Crippen molar-refractivity contribution in [3.63, 3.8) is 0 Å². The number of benzene rings is 3. The normalized spacial score (nSPS) is 11.6. The van der Waals surface area contributed by atoms with Gasteiger partial charge in [-0.3, -0.25) is 0 Å². The van der Waals surface area contributed by atoms with Crippen molar-refractivity contribution in [1.29, 1.82) is 0 Å². The number of hydrogen-bond donors (Lipinski definition) is 0. The molecule has 0 N–H and O–H groups in total. The van der Waals surface area contributed by atoms with Gasteiger partial charge >= 0.3 is 0 Å². The van der Waals surface area contributed by atoms with Gasteiger partial charge in [-0.15, -0.1) is 0 Å². The summed E-state index contributed by atoms with van der Waals surface area (Å²) in [4.78, 5) is 0. The average Bonchev–Trinajstić information content (AvgIpc) is 2.68. The Bertz CT molecular complexity index is 865. The molecule has 0 aromatic heterocycles. The average molecular weight is 427 g/mol. The molecule has 0 saturated heterocycles.